The van der Waals surface area contributed by atoms with Gasteiger partial charge in [-0.25, -0.2) is 4.79 Å². The second kappa shape index (κ2) is 6.84. The highest BCUT2D eigenvalue weighted by molar-refractivity contribution is 5.97. The molecule has 3 aromatic carbocycles. The Bertz CT molecular complexity index is 991. The largest absolute Gasteiger partial charge is 0.462 e. The van der Waals surface area contributed by atoms with E-state index in [1.807, 2.05) is 60.8 Å². The van der Waals surface area contributed by atoms with Gasteiger partial charge in [0.15, 0.2) is 5.75 Å². The number of ether oxygens (including phenoxy) is 2. The van der Waals surface area contributed by atoms with E-state index < -0.39 is 0 Å². The van der Waals surface area contributed by atoms with Crippen LogP contribution in [0.1, 0.15) is 22.8 Å². The van der Waals surface area contributed by atoms with Crippen molar-refractivity contribution in [2.75, 3.05) is 6.61 Å². The maximum Gasteiger partial charge on any atom is 0.338 e. The van der Waals surface area contributed by atoms with Crippen LogP contribution in [0, 0.1) is 0 Å². The summed E-state index contributed by atoms with van der Waals surface area (Å²) in [5, 5.41) is 0. The normalized spacial score (nSPS) is 11.7. The summed E-state index contributed by atoms with van der Waals surface area (Å²) in [5.41, 5.74) is 4.22. The molecule has 0 amide bonds. The number of carbonyl (C=O) groups is 1. The third kappa shape index (κ3) is 2.97. The van der Waals surface area contributed by atoms with Gasteiger partial charge in [-0.15, -0.1) is 0 Å². The van der Waals surface area contributed by atoms with Gasteiger partial charge in [-0.1, -0.05) is 36.4 Å². The molecule has 0 saturated heterocycles. The van der Waals surface area contributed by atoms with Crippen molar-refractivity contribution in [3.8, 4) is 22.6 Å². The predicted molar refractivity (Wildman–Crippen MR) is 102 cm³/mol. The minimum atomic E-state index is -0.314. The number of para-hydroxylation sites is 2. The van der Waals surface area contributed by atoms with Crippen LogP contribution in [0.15, 0.2) is 71.7 Å². The van der Waals surface area contributed by atoms with Gasteiger partial charge < -0.3 is 9.47 Å². The fraction of sp³-hybridized carbons (Fsp3) is 0.0909. The molecule has 3 aromatic rings. The molecule has 4 nitrogen and oxygen atoms in total. The van der Waals surface area contributed by atoms with E-state index in [9.17, 15) is 4.79 Å². The van der Waals surface area contributed by atoms with Gasteiger partial charge in [0.1, 0.15) is 11.4 Å². The Labute approximate surface area is 151 Å². The van der Waals surface area contributed by atoms with Crippen LogP contribution in [0.2, 0.25) is 0 Å². The smallest absolute Gasteiger partial charge is 0.338 e. The van der Waals surface area contributed by atoms with Gasteiger partial charge in [0, 0.05) is 11.8 Å². The average Bonchev–Trinajstić information content (AvgIpc) is 2.87. The Morgan fingerprint density at radius 1 is 0.962 bits per heavy atom. The lowest BCUT2D eigenvalue weighted by Gasteiger charge is -2.11. The Morgan fingerprint density at radius 2 is 1.73 bits per heavy atom. The molecule has 0 fully saturated rings. The number of nitrogens with zero attached hydrogens (tertiary/aromatic N) is 1. The summed E-state index contributed by atoms with van der Waals surface area (Å²) in [5.74, 6) is 1.18. The van der Waals surface area contributed by atoms with E-state index in [2.05, 4.69) is 4.99 Å². The number of carbonyl (C=O) groups excluding carboxylic acids is 1. The van der Waals surface area contributed by atoms with E-state index in [1.54, 1.807) is 19.1 Å². The van der Waals surface area contributed by atoms with Gasteiger partial charge in [-0.05, 0) is 48.4 Å². The number of rotatable bonds is 3. The molecule has 4 heteroatoms. The van der Waals surface area contributed by atoms with Crippen molar-refractivity contribution in [3.05, 3.63) is 77.9 Å². The summed E-state index contributed by atoms with van der Waals surface area (Å²) in [6.45, 7) is 2.16. The highest BCUT2D eigenvalue weighted by atomic mass is 16.5. The number of benzene rings is 3. The van der Waals surface area contributed by atoms with Crippen LogP contribution in [-0.2, 0) is 4.74 Å². The molecule has 0 bridgehead atoms. The monoisotopic (exact) mass is 343 g/mol. The molecule has 4 rings (SSSR count). The van der Waals surface area contributed by atoms with Crippen molar-refractivity contribution >= 4 is 17.9 Å². The first kappa shape index (κ1) is 16.1. The average molecular weight is 343 g/mol. The van der Waals surface area contributed by atoms with E-state index in [4.69, 9.17) is 9.47 Å². The van der Waals surface area contributed by atoms with E-state index in [-0.39, 0.29) is 5.97 Å². The van der Waals surface area contributed by atoms with Crippen LogP contribution < -0.4 is 4.74 Å². The van der Waals surface area contributed by atoms with Crippen molar-refractivity contribution in [3.63, 3.8) is 0 Å². The molecule has 0 N–H and O–H groups in total. The molecule has 128 valence electrons. The molecule has 26 heavy (non-hydrogen) atoms. The summed E-state index contributed by atoms with van der Waals surface area (Å²) in [4.78, 5) is 16.4. The third-order valence-electron chi connectivity index (χ3n) is 4.19. The van der Waals surface area contributed by atoms with E-state index in [1.165, 1.54) is 0 Å². The molecule has 0 aromatic heterocycles. The van der Waals surface area contributed by atoms with Crippen LogP contribution in [0.5, 0.6) is 11.5 Å². The maximum absolute atomic E-state index is 11.8. The van der Waals surface area contributed by atoms with Crippen LogP contribution >= 0.6 is 0 Å². The predicted octanol–water partition coefficient (Wildman–Crippen LogP) is 5.39. The fourth-order valence-corrected chi connectivity index (χ4v) is 2.92. The zero-order valence-corrected chi connectivity index (χ0v) is 14.3. The molecule has 1 heterocycles. The van der Waals surface area contributed by atoms with Crippen molar-refractivity contribution in [2.24, 2.45) is 4.99 Å². The number of esters is 1. The van der Waals surface area contributed by atoms with Gasteiger partial charge in [0.25, 0.3) is 0 Å². The second-order valence-electron chi connectivity index (χ2n) is 5.84. The molecule has 0 spiro atoms. The number of aliphatic imine (C=N–C) groups is 1. The lowest BCUT2D eigenvalue weighted by molar-refractivity contribution is 0.0526. The summed E-state index contributed by atoms with van der Waals surface area (Å²) in [7, 11) is 0. The van der Waals surface area contributed by atoms with Gasteiger partial charge in [0.05, 0.1) is 12.2 Å². The van der Waals surface area contributed by atoms with Crippen molar-refractivity contribution in [1.82, 2.24) is 0 Å². The van der Waals surface area contributed by atoms with Crippen molar-refractivity contribution in [1.29, 1.82) is 0 Å². The minimum absolute atomic E-state index is 0.314. The van der Waals surface area contributed by atoms with Gasteiger partial charge in [-0.2, -0.15) is 0 Å². The number of hydrogen-bond donors (Lipinski definition) is 0. The first-order chi connectivity index (χ1) is 12.8. The molecular formula is C22H17NO3. The third-order valence-corrected chi connectivity index (χ3v) is 4.19. The highest BCUT2D eigenvalue weighted by Gasteiger charge is 2.15. The molecule has 0 atom stereocenters. The minimum Gasteiger partial charge on any atom is -0.462 e. The van der Waals surface area contributed by atoms with Gasteiger partial charge in [-0.3, -0.25) is 4.99 Å². The lowest BCUT2D eigenvalue weighted by Crippen LogP contribution is -2.04. The number of fused-ring (bicyclic) bond motifs is 2. The Kier molecular flexibility index (Phi) is 4.23. The Balaban J connectivity index is 1.73. The summed E-state index contributed by atoms with van der Waals surface area (Å²) in [6, 6.07) is 21.0. The molecular weight excluding hydrogens is 326 g/mol. The zero-order valence-electron chi connectivity index (χ0n) is 14.3. The molecule has 1 aliphatic rings. The first-order valence-electron chi connectivity index (χ1n) is 8.48. The van der Waals surface area contributed by atoms with Crippen LogP contribution in [-0.4, -0.2) is 18.8 Å². The lowest BCUT2D eigenvalue weighted by atomic mass is 9.98. The standard InChI is InChI=1S/C22H17NO3/c1-2-25-22(24)16-12-10-15(11-13-16)17-6-5-9-20-18(17)14-23-19-7-3-4-8-21(19)26-20/h3-14H,2H2,1H3. The fourth-order valence-electron chi connectivity index (χ4n) is 2.92. The van der Waals surface area contributed by atoms with Crippen molar-refractivity contribution in [2.45, 2.75) is 6.92 Å². The highest BCUT2D eigenvalue weighted by Crippen LogP contribution is 2.38. The van der Waals surface area contributed by atoms with E-state index in [0.717, 1.165) is 33.9 Å². The quantitative estimate of drug-likeness (QED) is 0.469. The van der Waals surface area contributed by atoms with Crippen LogP contribution in [0.3, 0.4) is 0 Å². The Morgan fingerprint density at radius 3 is 2.54 bits per heavy atom. The first-order valence-corrected chi connectivity index (χ1v) is 8.48. The maximum atomic E-state index is 11.8. The molecule has 0 unspecified atom stereocenters. The van der Waals surface area contributed by atoms with Crippen LogP contribution in [0.25, 0.3) is 11.1 Å². The van der Waals surface area contributed by atoms with Gasteiger partial charge in [0.2, 0.25) is 0 Å². The molecule has 0 radical (unpaired) electrons. The molecule has 0 aliphatic carbocycles. The van der Waals surface area contributed by atoms with Crippen LogP contribution in [0.4, 0.5) is 5.69 Å². The molecule has 0 saturated carbocycles. The summed E-state index contributed by atoms with van der Waals surface area (Å²) >= 11 is 0. The van der Waals surface area contributed by atoms with E-state index in [0.29, 0.717) is 12.2 Å². The summed E-state index contributed by atoms with van der Waals surface area (Å²) < 4.78 is 11.1. The number of hydrogen-bond acceptors (Lipinski definition) is 4. The van der Waals surface area contributed by atoms with Crippen molar-refractivity contribution < 1.29 is 14.3 Å². The zero-order chi connectivity index (χ0) is 17.9. The topological polar surface area (TPSA) is 47.9 Å². The SMILES string of the molecule is CCOC(=O)c1ccc(-c2cccc3c2C=Nc2ccccc2O3)cc1. The van der Waals surface area contributed by atoms with E-state index >= 15 is 0 Å². The second-order valence-corrected chi connectivity index (χ2v) is 5.84. The molecule has 1 aliphatic heterocycles. The summed E-state index contributed by atoms with van der Waals surface area (Å²) in [6.07, 6.45) is 1.83. The van der Waals surface area contributed by atoms with Gasteiger partial charge >= 0.3 is 5.97 Å². The Hall–Kier alpha value is -3.40.